The highest BCUT2D eigenvalue weighted by molar-refractivity contribution is 5.96. The van der Waals surface area contributed by atoms with E-state index >= 15 is 0 Å². The van der Waals surface area contributed by atoms with Crippen LogP contribution in [0.4, 0.5) is 11.4 Å². The Hall–Kier alpha value is -4.22. The molecule has 0 atom stereocenters. The van der Waals surface area contributed by atoms with Gasteiger partial charge in [-0.2, -0.15) is 5.26 Å². The first-order valence-corrected chi connectivity index (χ1v) is 12.2. The average molecular weight is 520 g/mol. The number of ether oxygens (including phenoxy) is 2. The minimum absolute atomic E-state index is 0.0229. The van der Waals surface area contributed by atoms with Crippen molar-refractivity contribution in [2.24, 2.45) is 5.41 Å². The van der Waals surface area contributed by atoms with Crippen LogP contribution in [0.1, 0.15) is 45.2 Å². The summed E-state index contributed by atoms with van der Waals surface area (Å²) in [5.74, 6) is 0.754. The molecule has 1 amide bonds. The third kappa shape index (κ3) is 11.7. The van der Waals surface area contributed by atoms with E-state index in [0.717, 1.165) is 46.5 Å². The Bertz CT molecular complexity index is 1250. The van der Waals surface area contributed by atoms with E-state index in [1.807, 2.05) is 64.1 Å². The molecule has 3 aromatic rings. The fourth-order valence-corrected chi connectivity index (χ4v) is 2.72. The minimum Gasteiger partial charge on any atom is -0.496 e. The molecule has 38 heavy (non-hydrogen) atoms. The Kier molecular flexibility index (Phi) is 13.2. The molecule has 0 unspecified atom stereocenters. The largest absolute Gasteiger partial charge is 0.496 e. The van der Waals surface area contributed by atoms with Gasteiger partial charge in [0.1, 0.15) is 12.7 Å². The van der Waals surface area contributed by atoms with E-state index in [-0.39, 0.29) is 11.3 Å². The maximum atomic E-state index is 11.7. The zero-order valence-electron chi connectivity index (χ0n) is 23.2. The Morgan fingerprint density at radius 3 is 2.26 bits per heavy atom. The quantitative estimate of drug-likeness (QED) is 0.111. The van der Waals surface area contributed by atoms with Crippen LogP contribution in [0.2, 0.25) is 0 Å². The first-order valence-electron chi connectivity index (χ1n) is 12.2. The van der Waals surface area contributed by atoms with Crippen LogP contribution < -0.4 is 11.1 Å². The van der Waals surface area contributed by atoms with Crippen molar-refractivity contribution in [2.75, 3.05) is 31.4 Å². The van der Waals surface area contributed by atoms with Gasteiger partial charge in [0.05, 0.1) is 29.0 Å². The van der Waals surface area contributed by atoms with Gasteiger partial charge in [-0.15, -0.1) is 0 Å². The first kappa shape index (κ1) is 31.8. The number of methoxy groups -OCH3 is 1. The number of anilines is 2. The number of fused-ring (bicyclic) bond motifs is 1. The topological polar surface area (TPSA) is 129 Å². The van der Waals surface area contributed by atoms with Gasteiger partial charge in [-0.05, 0) is 49.2 Å². The summed E-state index contributed by atoms with van der Waals surface area (Å²) in [5, 5.41) is 17.5. The molecule has 0 aliphatic rings. The van der Waals surface area contributed by atoms with Crippen molar-refractivity contribution >= 4 is 28.3 Å². The van der Waals surface area contributed by atoms with Gasteiger partial charge >= 0.3 is 0 Å². The van der Waals surface area contributed by atoms with Crippen molar-refractivity contribution in [1.29, 1.82) is 5.26 Å². The second kappa shape index (κ2) is 15.8. The Morgan fingerprint density at radius 1 is 1.13 bits per heavy atom. The predicted molar refractivity (Wildman–Crippen MR) is 157 cm³/mol. The molecule has 204 valence electrons. The van der Waals surface area contributed by atoms with E-state index in [4.69, 9.17) is 20.5 Å². The summed E-state index contributed by atoms with van der Waals surface area (Å²) < 4.78 is 10.3. The standard InChI is InChI=1S/C14H18N2O2.C11H15N3O.C5H8/c1-11(18-8-7-17-2)3-4-12-5-6-13(10-15)14(16)9-12;1-11(2,3)10(15)12-7-4-5-8-9(6-7)14-13-8;1-4-5(2)3/h5-6,9H,1,3-4,7-8,16H2,2H3;4-6,13-14H,1-3H3,(H,12,15);4H,1-2H2,3H3. The molecule has 2 aromatic carbocycles. The van der Waals surface area contributed by atoms with Crippen molar-refractivity contribution in [3.63, 3.8) is 0 Å². The van der Waals surface area contributed by atoms with Crippen LogP contribution >= 0.6 is 0 Å². The summed E-state index contributed by atoms with van der Waals surface area (Å²) in [6.45, 7) is 19.5. The molecule has 0 saturated heterocycles. The van der Waals surface area contributed by atoms with E-state index in [1.54, 1.807) is 19.3 Å². The van der Waals surface area contributed by atoms with E-state index in [0.29, 0.717) is 24.5 Å². The van der Waals surface area contributed by atoms with E-state index < -0.39 is 0 Å². The van der Waals surface area contributed by atoms with E-state index in [2.05, 4.69) is 35.3 Å². The molecule has 8 nitrogen and oxygen atoms in total. The fraction of sp³-hybridized carbons (Fsp3) is 0.333. The number of nitrogens with one attached hydrogen (secondary N) is 3. The molecule has 8 heteroatoms. The molecular formula is C30H41N5O3. The summed E-state index contributed by atoms with van der Waals surface area (Å²) in [6.07, 6.45) is 3.25. The molecule has 1 aromatic heterocycles. The van der Waals surface area contributed by atoms with Crippen LogP contribution in [0.3, 0.4) is 0 Å². The number of aryl methyl sites for hydroxylation is 1. The van der Waals surface area contributed by atoms with Crippen molar-refractivity contribution in [1.82, 2.24) is 10.2 Å². The molecular weight excluding hydrogens is 478 g/mol. The number of carbonyl (C=O) groups is 1. The number of nitrogens with two attached hydrogens (primary N) is 1. The lowest BCUT2D eigenvalue weighted by atomic mass is 9.95. The number of allylic oxidation sites excluding steroid dienone is 3. The Morgan fingerprint density at radius 2 is 1.79 bits per heavy atom. The van der Waals surface area contributed by atoms with Gasteiger partial charge in [0.2, 0.25) is 5.91 Å². The van der Waals surface area contributed by atoms with Crippen LogP contribution in [0.5, 0.6) is 0 Å². The van der Waals surface area contributed by atoms with Gasteiger partial charge in [0.25, 0.3) is 0 Å². The second-order valence-electron chi connectivity index (χ2n) is 9.68. The Labute approximate surface area is 226 Å². The zero-order chi connectivity index (χ0) is 28.7. The van der Waals surface area contributed by atoms with Crippen LogP contribution in [0.15, 0.2) is 73.5 Å². The van der Waals surface area contributed by atoms with Crippen molar-refractivity contribution < 1.29 is 14.3 Å². The van der Waals surface area contributed by atoms with Crippen LogP contribution in [0, 0.1) is 16.7 Å². The first-order chi connectivity index (χ1) is 17.9. The summed E-state index contributed by atoms with van der Waals surface area (Å²) in [7, 11) is 1.63. The third-order valence-corrected chi connectivity index (χ3v) is 5.16. The maximum Gasteiger partial charge on any atom is 0.229 e. The number of carbonyl (C=O) groups excluding carboxylic acids is 1. The monoisotopic (exact) mass is 519 g/mol. The van der Waals surface area contributed by atoms with E-state index in [9.17, 15) is 4.79 Å². The normalized spacial score (nSPS) is 10.2. The number of hydrogen-bond acceptors (Lipinski definition) is 5. The number of nitrogen functional groups attached to an aromatic ring is 1. The summed E-state index contributed by atoms with van der Waals surface area (Å²) in [5.41, 5.74) is 11.4. The lowest BCUT2D eigenvalue weighted by molar-refractivity contribution is -0.123. The number of aromatic amines is 2. The van der Waals surface area contributed by atoms with Gasteiger partial charge in [-0.25, -0.2) is 0 Å². The summed E-state index contributed by atoms with van der Waals surface area (Å²) in [6, 6.07) is 13.2. The number of nitriles is 1. The van der Waals surface area contributed by atoms with Gasteiger partial charge in [-0.3, -0.25) is 15.0 Å². The van der Waals surface area contributed by atoms with Gasteiger partial charge < -0.3 is 20.5 Å². The lowest BCUT2D eigenvalue weighted by Crippen LogP contribution is -2.27. The smallest absolute Gasteiger partial charge is 0.229 e. The molecule has 0 radical (unpaired) electrons. The molecule has 0 saturated carbocycles. The predicted octanol–water partition coefficient (Wildman–Crippen LogP) is 6.48. The average Bonchev–Trinajstić information content (AvgIpc) is 2.85. The fourth-order valence-electron chi connectivity index (χ4n) is 2.72. The number of rotatable bonds is 9. The molecule has 5 N–H and O–H groups in total. The summed E-state index contributed by atoms with van der Waals surface area (Å²) in [4.78, 5) is 11.7. The molecule has 0 bridgehead atoms. The molecule has 3 rings (SSSR count). The highest BCUT2D eigenvalue weighted by Gasteiger charge is 2.21. The lowest BCUT2D eigenvalue weighted by Gasteiger charge is -2.18. The van der Waals surface area contributed by atoms with Crippen molar-refractivity contribution in [3.05, 3.63) is 84.7 Å². The number of nitrogens with zero attached hydrogens (tertiary/aromatic N) is 1. The number of H-pyrrole nitrogens is 2. The third-order valence-electron chi connectivity index (χ3n) is 5.16. The van der Waals surface area contributed by atoms with Gasteiger partial charge in [0, 0.05) is 30.3 Å². The minimum atomic E-state index is -0.366. The van der Waals surface area contributed by atoms with Crippen LogP contribution in [0.25, 0.3) is 11.0 Å². The number of benzene rings is 2. The van der Waals surface area contributed by atoms with Crippen LogP contribution in [-0.4, -0.2) is 36.4 Å². The molecule has 0 aliphatic carbocycles. The molecule has 0 aliphatic heterocycles. The zero-order valence-corrected chi connectivity index (χ0v) is 23.2. The SMILES string of the molecule is C=C(CCc1ccc(C#N)c(N)c1)OCCOC.C=CC(=C)C.CC(C)(C)C(=O)Nc1ccc2[nH][nH]c2c1. The van der Waals surface area contributed by atoms with Gasteiger partial charge in [0.15, 0.2) is 0 Å². The second-order valence-corrected chi connectivity index (χ2v) is 9.68. The molecule has 1 heterocycles. The molecule has 0 spiro atoms. The summed E-state index contributed by atoms with van der Waals surface area (Å²) >= 11 is 0. The maximum absolute atomic E-state index is 11.7. The molecule has 0 fully saturated rings. The Balaban J connectivity index is 0.000000326. The van der Waals surface area contributed by atoms with Gasteiger partial charge in [-0.1, -0.05) is 58.2 Å². The number of aromatic nitrogens is 2. The van der Waals surface area contributed by atoms with Crippen molar-refractivity contribution in [2.45, 2.75) is 40.5 Å². The van der Waals surface area contributed by atoms with E-state index in [1.165, 1.54) is 0 Å². The highest BCUT2D eigenvalue weighted by Crippen LogP contribution is 2.20. The highest BCUT2D eigenvalue weighted by atomic mass is 16.5. The van der Waals surface area contributed by atoms with Crippen molar-refractivity contribution in [3.8, 4) is 6.07 Å². The van der Waals surface area contributed by atoms with Crippen LogP contribution in [-0.2, 0) is 20.7 Å². The number of amides is 1. The number of hydrogen-bond donors (Lipinski definition) is 4.